The third-order valence-corrected chi connectivity index (χ3v) is 6.13. The predicted octanol–water partition coefficient (Wildman–Crippen LogP) is 5.80. The van der Waals surface area contributed by atoms with Crippen molar-refractivity contribution in [1.82, 2.24) is 4.98 Å². The standard InChI is InChI=1S/C18H12Br2FNO2S/c19-16-4-3-11(7-17(16)20)14-5-6-22-9-15(14)12-1-2-13(10-25(23)24)18(21)8-12/h1-9H,10H2,(H,23,24). The summed E-state index contributed by atoms with van der Waals surface area (Å²) in [5.41, 5.74) is 3.54. The van der Waals surface area contributed by atoms with Gasteiger partial charge in [0.15, 0.2) is 11.1 Å². The SMILES string of the molecule is O=S(O)Cc1ccc(-c2cnccc2-c2ccc(Br)c(Br)c2)cc1F. The van der Waals surface area contributed by atoms with Gasteiger partial charge in [-0.3, -0.25) is 4.98 Å². The Kier molecular flexibility index (Phi) is 5.78. The number of hydrogen-bond donors (Lipinski definition) is 1. The summed E-state index contributed by atoms with van der Waals surface area (Å²) in [6, 6.07) is 12.4. The highest BCUT2D eigenvalue weighted by Crippen LogP contribution is 2.35. The van der Waals surface area contributed by atoms with Crippen molar-refractivity contribution in [3.05, 3.63) is 75.2 Å². The zero-order valence-corrected chi connectivity index (χ0v) is 16.7. The summed E-state index contributed by atoms with van der Waals surface area (Å²) in [7, 11) is 0. The van der Waals surface area contributed by atoms with E-state index in [1.165, 1.54) is 12.1 Å². The zero-order valence-electron chi connectivity index (χ0n) is 12.7. The second-order valence-corrected chi connectivity index (χ2v) is 7.96. The fourth-order valence-electron chi connectivity index (χ4n) is 2.50. The Hall–Kier alpha value is -1.41. The molecule has 1 atom stereocenters. The maximum absolute atomic E-state index is 14.3. The van der Waals surface area contributed by atoms with Crippen molar-refractivity contribution in [2.75, 3.05) is 0 Å². The lowest BCUT2D eigenvalue weighted by atomic mass is 9.96. The summed E-state index contributed by atoms with van der Waals surface area (Å²) in [5.74, 6) is -0.738. The number of hydrogen-bond acceptors (Lipinski definition) is 2. The molecule has 0 bridgehead atoms. The molecule has 0 aliphatic rings. The molecule has 0 saturated heterocycles. The largest absolute Gasteiger partial charge is 0.306 e. The number of nitrogens with zero attached hydrogens (tertiary/aromatic N) is 1. The Balaban J connectivity index is 2.08. The molecule has 0 aliphatic carbocycles. The van der Waals surface area contributed by atoms with Gasteiger partial charge in [-0.1, -0.05) is 18.2 Å². The summed E-state index contributed by atoms with van der Waals surface area (Å²) >= 11 is 4.86. The van der Waals surface area contributed by atoms with E-state index in [-0.39, 0.29) is 11.3 Å². The molecule has 1 unspecified atom stereocenters. The number of pyridine rings is 1. The molecule has 3 aromatic rings. The number of benzene rings is 2. The van der Waals surface area contributed by atoms with Crippen LogP contribution in [0, 0.1) is 5.82 Å². The Morgan fingerprint density at radius 1 is 1.00 bits per heavy atom. The minimum Gasteiger partial charge on any atom is -0.306 e. The first kappa shape index (κ1) is 18.4. The average molecular weight is 485 g/mol. The van der Waals surface area contributed by atoms with Gasteiger partial charge in [-0.25, -0.2) is 8.60 Å². The van der Waals surface area contributed by atoms with Gasteiger partial charge in [0.05, 0.1) is 5.75 Å². The van der Waals surface area contributed by atoms with Gasteiger partial charge in [0, 0.05) is 32.5 Å². The molecule has 1 N–H and O–H groups in total. The summed E-state index contributed by atoms with van der Waals surface area (Å²) < 4.78 is 36.0. The molecule has 1 heterocycles. The molecule has 0 radical (unpaired) electrons. The van der Waals surface area contributed by atoms with Gasteiger partial charge in [-0.2, -0.15) is 0 Å². The van der Waals surface area contributed by atoms with E-state index in [0.717, 1.165) is 25.6 Å². The third kappa shape index (κ3) is 4.23. The van der Waals surface area contributed by atoms with E-state index in [1.807, 2.05) is 24.3 Å². The van der Waals surface area contributed by atoms with Gasteiger partial charge in [-0.15, -0.1) is 0 Å². The van der Waals surface area contributed by atoms with Crippen LogP contribution in [0.4, 0.5) is 4.39 Å². The van der Waals surface area contributed by atoms with Crippen LogP contribution in [0.25, 0.3) is 22.3 Å². The van der Waals surface area contributed by atoms with Crippen LogP contribution >= 0.6 is 31.9 Å². The van der Waals surface area contributed by atoms with Crippen molar-refractivity contribution < 1.29 is 13.2 Å². The van der Waals surface area contributed by atoms with Crippen LogP contribution in [-0.2, 0) is 16.8 Å². The minimum atomic E-state index is -2.08. The van der Waals surface area contributed by atoms with Crippen molar-refractivity contribution in [2.24, 2.45) is 0 Å². The Morgan fingerprint density at radius 2 is 1.72 bits per heavy atom. The molecule has 2 aromatic carbocycles. The van der Waals surface area contributed by atoms with E-state index in [4.69, 9.17) is 4.55 Å². The van der Waals surface area contributed by atoms with Crippen LogP contribution in [0.3, 0.4) is 0 Å². The second kappa shape index (κ2) is 7.86. The van der Waals surface area contributed by atoms with E-state index < -0.39 is 16.9 Å². The molecule has 25 heavy (non-hydrogen) atoms. The van der Waals surface area contributed by atoms with E-state index in [2.05, 4.69) is 36.8 Å². The van der Waals surface area contributed by atoms with Crippen LogP contribution in [0.5, 0.6) is 0 Å². The normalized spacial score (nSPS) is 12.2. The van der Waals surface area contributed by atoms with Gasteiger partial charge >= 0.3 is 0 Å². The zero-order chi connectivity index (χ0) is 18.0. The first-order chi connectivity index (χ1) is 12.0. The lowest BCUT2D eigenvalue weighted by Gasteiger charge is -2.11. The van der Waals surface area contributed by atoms with E-state index >= 15 is 0 Å². The maximum Gasteiger partial charge on any atom is 0.157 e. The number of rotatable bonds is 4. The Morgan fingerprint density at radius 3 is 2.40 bits per heavy atom. The van der Waals surface area contributed by atoms with Crippen molar-refractivity contribution in [2.45, 2.75) is 5.75 Å². The number of halogens is 3. The van der Waals surface area contributed by atoms with Crippen LogP contribution in [0.1, 0.15) is 5.56 Å². The third-order valence-electron chi connectivity index (χ3n) is 3.69. The van der Waals surface area contributed by atoms with Gasteiger partial charge in [0.1, 0.15) is 5.82 Å². The first-order valence-corrected chi connectivity index (χ1v) is 10.1. The Labute approximate surface area is 163 Å². The predicted molar refractivity (Wildman–Crippen MR) is 105 cm³/mol. The molecule has 0 saturated carbocycles. The van der Waals surface area contributed by atoms with Crippen LogP contribution in [-0.4, -0.2) is 13.7 Å². The highest BCUT2D eigenvalue weighted by molar-refractivity contribution is 9.13. The molecule has 0 aliphatic heterocycles. The maximum atomic E-state index is 14.3. The van der Waals surface area contributed by atoms with Crippen LogP contribution in [0.2, 0.25) is 0 Å². The van der Waals surface area contributed by atoms with E-state index in [0.29, 0.717) is 5.56 Å². The molecule has 3 nitrogen and oxygen atoms in total. The van der Waals surface area contributed by atoms with Crippen molar-refractivity contribution in [3.8, 4) is 22.3 Å². The molecule has 0 amide bonds. The lowest BCUT2D eigenvalue weighted by Crippen LogP contribution is -1.97. The number of aromatic nitrogens is 1. The molecular formula is C18H12Br2FNO2S. The highest BCUT2D eigenvalue weighted by Gasteiger charge is 2.12. The average Bonchev–Trinajstić information content (AvgIpc) is 2.59. The Bertz CT molecular complexity index is 966. The smallest absolute Gasteiger partial charge is 0.157 e. The topological polar surface area (TPSA) is 50.2 Å². The molecule has 3 rings (SSSR count). The first-order valence-electron chi connectivity index (χ1n) is 7.21. The summed E-state index contributed by atoms with van der Waals surface area (Å²) in [5, 5.41) is 0. The van der Waals surface area contributed by atoms with E-state index in [9.17, 15) is 8.60 Å². The molecule has 1 aromatic heterocycles. The summed E-state index contributed by atoms with van der Waals surface area (Å²) in [6.45, 7) is 0. The van der Waals surface area contributed by atoms with Gasteiger partial charge in [0.2, 0.25) is 0 Å². The molecule has 0 spiro atoms. The quantitative estimate of drug-likeness (QED) is 0.476. The second-order valence-electron chi connectivity index (χ2n) is 5.32. The molecular weight excluding hydrogens is 473 g/mol. The fourth-order valence-corrected chi connectivity index (χ4v) is 3.63. The van der Waals surface area contributed by atoms with Crippen molar-refractivity contribution >= 4 is 42.9 Å². The lowest BCUT2D eigenvalue weighted by molar-refractivity contribution is 0.559. The molecule has 128 valence electrons. The monoisotopic (exact) mass is 483 g/mol. The van der Waals surface area contributed by atoms with E-state index in [1.54, 1.807) is 18.5 Å². The van der Waals surface area contributed by atoms with Crippen LogP contribution in [0.15, 0.2) is 63.8 Å². The molecule has 0 fully saturated rings. The summed E-state index contributed by atoms with van der Waals surface area (Å²) in [4.78, 5) is 4.16. The van der Waals surface area contributed by atoms with Gasteiger partial charge in [0.25, 0.3) is 0 Å². The van der Waals surface area contributed by atoms with Crippen LogP contribution < -0.4 is 0 Å². The van der Waals surface area contributed by atoms with Gasteiger partial charge in [-0.05, 0) is 72.8 Å². The fraction of sp³-hybridized carbons (Fsp3) is 0.0556. The van der Waals surface area contributed by atoms with Crippen molar-refractivity contribution in [3.63, 3.8) is 0 Å². The molecule has 7 heteroatoms. The van der Waals surface area contributed by atoms with Gasteiger partial charge < -0.3 is 4.55 Å². The minimum absolute atomic E-state index is 0.210. The highest BCUT2D eigenvalue weighted by atomic mass is 79.9. The van der Waals surface area contributed by atoms with Crippen molar-refractivity contribution in [1.29, 1.82) is 0 Å². The summed E-state index contributed by atoms with van der Waals surface area (Å²) in [6.07, 6.45) is 3.37.